The summed E-state index contributed by atoms with van der Waals surface area (Å²) in [6.07, 6.45) is 0. The smallest absolute Gasteiger partial charge is 0.191 e. The van der Waals surface area contributed by atoms with Crippen molar-refractivity contribution in [1.82, 2.24) is 10.6 Å². The van der Waals surface area contributed by atoms with Crippen LogP contribution in [0.15, 0.2) is 17.1 Å². The van der Waals surface area contributed by atoms with E-state index in [4.69, 9.17) is 14.2 Å². The molecule has 0 fully saturated rings. The number of hydrogen-bond donors (Lipinski definition) is 2. The van der Waals surface area contributed by atoms with Crippen molar-refractivity contribution in [1.29, 1.82) is 0 Å². The summed E-state index contributed by atoms with van der Waals surface area (Å²) < 4.78 is 16.0. The van der Waals surface area contributed by atoms with Gasteiger partial charge in [-0.25, -0.2) is 0 Å². The number of guanidine groups is 1. The number of benzene rings is 1. The fraction of sp³-hybridized carbons (Fsp3) is 0.500. The second-order valence-corrected chi connectivity index (χ2v) is 4.61. The van der Waals surface area contributed by atoms with Crippen LogP contribution >= 0.6 is 0 Å². The standard InChI is InChI=1S/C14H21N3O3/c1-9-7-15-14(17-9)16-8-10-5-12(19-3)13(20-4)6-11(10)18-2/h5-6,9H,7-8H2,1-4H3,(H2,15,16,17). The zero-order chi connectivity index (χ0) is 14.5. The first-order chi connectivity index (χ1) is 9.67. The van der Waals surface area contributed by atoms with E-state index in [0.29, 0.717) is 24.1 Å². The molecule has 1 heterocycles. The van der Waals surface area contributed by atoms with Crippen molar-refractivity contribution in [3.8, 4) is 17.2 Å². The molecule has 0 aromatic heterocycles. The van der Waals surface area contributed by atoms with E-state index < -0.39 is 0 Å². The normalized spacial score (nSPS) is 17.2. The molecule has 2 N–H and O–H groups in total. The van der Waals surface area contributed by atoms with Gasteiger partial charge in [0.25, 0.3) is 0 Å². The zero-order valence-corrected chi connectivity index (χ0v) is 12.3. The molecule has 0 saturated heterocycles. The van der Waals surface area contributed by atoms with Crippen LogP contribution in [0.4, 0.5) is 0 Å². The summed E-state index contributed by atoms with van der Waals surface area (Å²) in [6, 6.07) is 4.11. The first kappa shape index (κ1) is 14.3. The molecule has 110 valence electrons. The summed E-state index contributed by atoms with van der Waals surface area (Å²) in [4.78, 5) is 4.36. The quantitative estimate of drug-likeness (QED) is 0.846. The second-order valence-electron chi connectivity index (χ2n) is 4.61. The topological polar surface area (TPSA) is 64.1 Å². The fourth-order valence-corrected chi connectivity index (χ4v) is 2.07. The van der Waals surface area contributed by atoms with Crippen molar-refractivity contribution in [2.45, 2.75) is 19.5 Å². The van der Waals surface area contributed by atoms with Crippen molar-refractivity contribution in [3.63, 3.8) is 0 Å². The number of methoxy groups -OCH3 is 3. The van der Waals surface area contributed by atoms with E-state index in [2.05, 4.69) is 22.5 Å². The highest BCUT2D eigenvalue weighted by Gasteiger charge is 2.15. The van der Waals surface area contributed by atoms with Gasteiger partial charge in [-0.1, -0.05) is 0 Å². The summed E-state index contributed by atoms with van der Waals surface area (Å²) in [7, 11) is 4.86. The second kappa shape index (κ2) is 6.36. The lowest BCUT2D eigenvalue weighted by molar-refractivity contribution is 0.347. The Bertz CT molecular complexity index is 503. The molecule has 0 spiro atoms. The van der Waals surface area contributed by atoms with E-state index in [-0.39, 0.29) is 0 Å². The zero-order valence-electron chi connectivity index (χ0n) is 12.3. The highest BCUT2D eigenvalue weighted by molar-refractivity contribution is 5.81. The van der Waals surface area contributed by atoms with Gasteiger partial charge in [0, 0.05) is 24.2 Å². The lowest BCUT2D eigenvalue weighted by Gasteiger charge is -2.15. The molecule has 6 heteroatoms. The summed E-state index contributed by atoms with van der Waals surface area (Å²) >= 11 is 0. The highest BCUT2D eigenvalue weighted by atomic mass is 16.5. The Labute approximate surface area is 119 Å². The lowest BCUT2D eigenvalue weighted by Crippen LogP contribution is -2.37. The van der Waals surface area contributed by atoms with Crippen LogP contribution in [0.2, 0.25) is 0 Å². The molecular formula is C14H21N3O3. The Hall–Kier alpha value is -2.11. The summed E-state index contributed by atoms with van der Waals surface area (Å²) in [5.41, 5.74) is 0.981. The van der Waals surface area contributed by atoms with Crippen LogP contribution in [0.3, 0.4) is 0 Å². The van der Waals surface area contributed by atoms with Gasteiger partial charge in [0.2, 0.25) is 0 Å². The molecule has 1 aliphatic rings. The molecule has 0 amide bonds. The maximum atomic E-state index is 5.39. The van der Waals surface area contributed by atoms with Crippen LogP contribution in [-0.4, -0.2) is 39.9 Å². The number of nitrogens with zero attached hydrogens (tertiary/aromatic N) is 1. The number of nitrogens with one attached hydrogen (secondary N) is 2. The Kier molecular flexibility index (Phi) is 4.55. The molecule has 0 radical (unpaired) electrons. The lowest BCUT2D eigenvalue weighted by atomic mass is 10.1. The van der Waals surface area contributed by atoms with Crippen LogP contribution in [0.1, 0.15) is 12.5 Å². The SMILES string of the molecule is COc1cc(OC)c(OC)cc1CNC1=NCC(C)N1. The molecule has 1 aromatic carbocycles. The maximum Gasteiger partial charge on any atom is 0.191 e. The van der Waals surface area contributed by atoms with E-state index in [1.807, 2.05) is 12.1 Å². The molecule has 1 aliphatic heterocycles. The molecule has 2 rings (SSSR count). The average Bonchev–Trinajstić information content (AvgIpc) is 2.89. The fourth-order valence-electron chi connectivity index (χ4n) is 2.07. The largest absolute Gasteiger partial charge is 0.496 e. The monoisotopic (exact) mass is 279 g/mol. The molecular weight excluding hydrogens is 258 g/mol. The first-order valence-electron chi connectivity index (χ1n) is 6.51. The summed E-state index contributed by atoms with van der Waals surface area (Å²) in [5.74, 6) is 2.90. The molecule has 6 nitrogen and oxygen atoms in total. The van der Waals surface area contributed by atoms with Gasteiger partial charge in [-0.05, 0) is 13.0 Å². The van der Waals surface area contributed by atoms with Crippen LogP contribution in [0.25, 0.3) is 0 Å². The summed E-state index contributed by atoms with van der Waals surface area (Å²) in [5, 5.41) is 6.51. The van der Waals surface area contributed by atoms with Crippen LogP contribution in [0, 0.1) is 0 Å². The van der Waals surface area contributed by atoms with E-state index in [9.17, 15) is 0 Å². The minimum atomic E-state index is 0.379. The molecule has 1 aromatic rings. The van der Waals surface area contributed by atoms with Crippen LogP contribution in [0.5, 0.6) is 17.2 Å². The molecule has 1 atom stereocenters. The van der Waals surface area contributed by atoms with Crippen molar-refractivity contribution < 1.29 is 14.2 Å². The molecule has 0 saturated carbocycles. The number of aliphatic imine (C=N–C) groups is 1. The Morgan fingerprint density at radius 1 is 1.15 bits per heavy atom. The van der Waals surface area contributed by atoms with Gasteiger partial charge < -0.3 is 24.8 Å². The molecule has 0 bridgehead atoms. The predicted octanol–water partition coefficient (Wildman–Crippen LogP) is 1.15. The van der Waals surface area contributed by atoms with Gasteiger partial charge in [-0.2, -0.15) is 0 Å². The Balaban J connectivity index is 2.13. The van der Waals surface area contributed by atoms with Crippen LogP contribution in [-0.2, 0) is 6.54 Å². The van der Waals surface area contributed by atoms with E-state index in [0.717, 1.165) is 23.8 Å². The van der Waals surface area contributed by atoms with Gasteiger partial charge in [-0.15, -0.1) is 0 Å². The van der Waals surface area contributed by atoms with Gasteiger partial charge in [0.05, 0.1) is 27.9 Å². The van der Waals surface area contributed by atoms with E-state index in [1.54, 1.807) is 21.3 Å². The number of ether oxygens (including phenoxy) is 3. The molecule has 0 aliphatic carbocycles. The van der Waals surface area contributed by atoms with Crippen molar-refractivity contribution >= 4 is 5.96 Å². The third kappa shape index (κ3) is 3.07. The third-order valence-electron chi connectivity index (χ3n) is 3.14. The Morgan fingerprint density at radius 2 is 1.80 bits per heavy atom. The van der Waals surface area contributed by atoms with Crippen LogP contribution < -0.4 is 24.8 Å². The summed E-state index contributed by atoms with van der Waals surface area (Å²) in [6.45, 7) is 3.49. The van der Waals surface area contributed by atoms with Gasteiger partial charge in [0.1, 0.15) is 5.75 Å². The third-order valence-corrected chi connectivity index (χ3v) is 3.14. The maximum absolute atomic E-state index is 5.39. The first-order valence-corrected chi connectivity index (χ1v) is 6.51. The minimum absolute atomic E-state index is 0.379. The van der Waals surface area contributed by atoms with Gasteiger partial charge >= 0.3 is 0 Å². The minimum Gasteiger partial charge on any atom is -0.496 e. The van der Waals surface area contributed by atoms with E-state index in [1.165, 1.54) is 0 Å². The molecule has 20 heavy (non-hydrogen) atoms. The van der Waals surface area contributed by atoms with Crippen molar-refractivity contribution in [2.24, 2.45) is 4.99 Å². The number of hydrogen-bond acceptors (Lipinski definition) is 6. The van der Waals surface area contributed by atoms with Crippen molar-refractivity contribution in [3.05, 3.63) is 17.7 Å². The predicted molar refractivity (Wildman–Crippen MR) is 77.8 cm³/mol. The average molecular weight is 279 g/mol. The van der Waals surface area contributed by atoms with E-state index >= 15 is 0 Å². The molecule has 1 unspecified atom stereocenters. The van der Waals surface area contributed by atoms with Gasteiger partial charge in [-0.3, -0.25) is 4.99 Å². The highest BCUT2D eigenvalue weighted by Crippen LogP contribution is 2.34. The Morgan fingerprint density at radius 3 is 2.35 bits per heavy atom. The number of rotatable bonds is 5. The van der Waals surface area contributed by atoms with Gasteiger partial charge in [0.15, 0.2) is 17.5 Å². The van der Waals surface area contributed by atoms with Crippen molar-refractivity contribution in [2.75, 3.05) is 27.9 Å².